The van der Waals surface area contributed by atoms with Crippen molar-refractivity contribution in [1.82, 2.24) is 0 Å². The first-order chi connectivity index (χ1) is 8.10. The third-order valence-corrected chi connectivity index (χ3v) is 3.43. The number of hydrogen-bond acceptors (Lipinski definition) is 3. The Labute approximate surface area is 101 Å². The van der Waals surface area contributed by atoms with Gasteiger partial charge in [0.05, 0.1) is 6.10 Å². The molecule has 0 unspecified atom stereocenters. The summed E-state index contributed by atoms with van der Waals surface area (Å²) in [7, 11) is 0. The Morgan fingerprint density at radius 1 is 1.41 bits per heavy atom. The maximum absolute atomic E-state index is 11.1. The van der Waals surface area contributed by atoms with Crippen molar-refractivity contribution < 1.29 is 14.6 Å². The van der Waals surface area contributed by atoms with Gasteiger partial charge >= 0.3 is 5.97 Å². The molecule has 92 valence electrons. The number of aliphatic hydroxyl groups is 1. The summed E-state index contributed by atoms with van der Waals surface area (Å²) < 4.78 is 5.21. The van der Waals surface area contributed by atoms with Crippen LogP contribution in [-0.4, -0.2) is 22.8 Å². The van der Waals surface area contributed by atoms with E-state index in [-0.39, 0.29) is 5.97 Å². The van der Waals surface area contributed by atoms with Gasteiger partial charge < -0.3 is 9.84 Å². The highest BCUT2D eigenvalue weighted by molar-refractivity contribution is 5.72. The van der Waals surface area contributed by atoms with E-state index in [9.17, 15) is 9.90 Å². The van der Waals surface area contributed by atoms with Crippen molar-refractivity contribution in [1.29, 1.82) is 0 Å². The Balaban J connectivity index is 1.89. The first-order valence-electron chi connectivity index (χ1n) is 6.04. The summed E-state index contributed by atoms with van der Waals surface area (Å²) in [6.07, 6.45) is 1.86. The molecule has 1 aromatic rings. The first-order valence-corrected chi connectivity index (χ1v) is 6.04. The van der Waals surface area contributed by atoms with E-state index in [4.69, 9.17) is 4.74 Å². The van der Waals surface area contributed by atoms with Crippen molar-refractivity contribution >= 4 is 5.97 Å². The second kappa shape index (κ2) is 4.88. The van der Waals surface area contributed by atoms with Gasteiger partial charge in [0.2, 0.25) is 0 Å². The van der Waals surface area contributed by atoms with Crippen LogP contribution >= 0.6 is 0 Å². The average molecular weight is 234 g/mol. The molecule has 0 spiro atoms. The van der Waals surface area contributed by atoms with E-state index in [1.54, 1.807) is 0 Å². The molecule has 0 bridgehead atoms. The van der Waals surface area contributed by atoms with Crippen LogP contribution in [0.3, 0.4) is 0 Å². The van der Waals surface area contributed by atoms with Crippen molar-refractivity contribution in [3.8, 4) is 0 Å². The van der Waals surface area contributed by atoms with Crippen molar-refractivity contribution in [2.45, 2.75) is 44.3 Å². The standard InChI is InChI=1S/C14H18O3/c1-14(10-9-13(16)17-14)12(15)8-7-11-5-3-2-4-6-11/h2-6,12,15H,7-10H2,1H3/t12-,14-/m1/s1. The zero-order chi connectivity index (χ0) is 12.3. The zero-order valence-corrected chi connectivity index (χ0v) is 10.1. The Morgan fingerprint density at radius 3 is 2.71 bits per heavy atom. The van der Waals surface area contributed by atoms with E-state index in [2.05, 4.69) is 0 Å². The Kier molecular flexibility index (Phi) is 3.48. The molecule has 0 saturated carbocycles. The van der Waals surface area contributed by atoms with Crippen molar-refractivity contribution in [3.05, 3.63) is 35.9 Å². The van der Waals surface area contributed by atoms with Gasteiger partial charge in [0, 0.05) is 6.42 Å². The summed E-state index contributed by atoms with van der Waals surface area (Å²) in [5.74, 6) is -0.203. The summed E-state index contributed by atoms with van der Waals surface area (Å²) in [6.45, 7) is 1.81. The van der Waals surface area contributed by atoms with Crippen LogP contribution < -0.4 is 0 Å². The minimum absolute atomic E-state index is 0.203. The Morgan fingerprint density at radius 2 is 2.12 bits per heavy atom. The molecule has 1 aliphatic rings. The normalized spacial score (nSPS) is 25.6. The summed E-state index contributed by atoms with van der Waals surface area (Å²) in [6, 6.07) is 10.0. The molecular formula is C14H18O3. The molecule has 2 atom stereocenters. The number of cyclic esters (lactones) is 1. The lowest BCUT2D eigenvalue weighted by atomic mass is 9.91. The highest BCUT2D eigenvalue weighted by Gasteiger charge is 2.41. The largest absolute Gasteiger partial charge is 0.457 e. The number of ether oxygens (including phenoxy) is 1. The molecule has 1 fully saturated rings. The summed E-state index contributed by atoms with van der Waals surface area (Å²) in [4.78, 5) is 11.1. The molecule has 1 aliphatic heterocycles. The van der Waals surface area contributed by atoms with E-state index in [1.807, 2.05) is 37.3 Å². The highest BCUT2D eigenvalue weighted by atomic mass is 16.6. The van der Waals surface area contributed by atoms with E-state index < -0.39 is 11.7 Å². The molecule has 2 rings (SSSR count). The van der Waals surface area contributed by atoms with Crippen LogP contribution in [0.5, 0.6) is 0 Å². The van der Waals surface area contributed by atoms with E-state index in [0.29, 0.717) is 19.3 Å². The average Bonchev–Trinajstić information content (AvgIpc) is 2.69. The molecule has 1 heterocycles. The SMILES string of the molecule is C[C@]1([C@H](O)CCc2ccccc2)CCC(=O)O1. The fourth-order valence-corrected chi connectivity index (χ4v) is 2.20. The van der Waals surface area contributed by atoms with Crippen LogP contribution in [0.25, 0.3) is 0 Å². The lowest BCUT2D eigenvalue weighted by molar-refractivity contribution is -0.156. The molecule has 0 aliphatic carbocycles. The van der Waals surface area contributed by atoms with Gasteiger partial charge in [0.1, 0.15) is 5.60 Å². The van der Waals surface area contributed by atoms with Crippen molar-refractivity contribution in [3.63, 3.8) is 0 Å². The number of carbonyl (C=O) groups is 1. The number of rotatable bonds is 4. The molecule has 1 aromatic carbocycles. The maximum atomic E-state index is 11.1. The fraction of sp³-hybridized carbons (Fsp3) is 0.500. The third-order valence-electron chi connectivity index (χ3n) is 3.43. The van der Waals surface area contributed by atoms with Gasteiger partial charge in [-0.3, -0.25) is 4.79 Å². The molecule has 3 nitrogen and oxygen atoms in total. The predicted octanol–water partition coefficient (Wildman–Crippen LogP) is 2.08. The van der Waals surface area contributed by atoms with Crippen LogP contribution in [0.15, 0.2) is 30.3 Å². The zero-order valence-electron chi connectivity index (χ0n) is 10.1. The van der Waals surface area contributed by atoms with Crippen LogP contribution in [0, 0.1) is 0 Å². The third kappa shape index (κ3) is 2.86. The van der Waals surface area contributed by atoms with Gasteiger partial charge in [-0.2, -0.15) is 0 Å². The number of carbonyl (C=O) groups excluding carboxylic acids is 1. The van der Waals surface area contributed by atoms with E-state index in [0.717, 1.165) is 6.42 Å². The Hall–Kier alpha value is -1.35. The molecule has 17 heavy (non-hydrogen) atoms. The summed E-state index contributed by atoms with van der Waals surface area (Å²) in [5, 5.41) is 10.1. The minimum Gasteiger partial charge on any atom is -0.457 e. The molecule has 0 aromatic heterocycles. The topological polar surface area (TPSA) is 46.5 Å². The summed E-state index contributed by atoms with van der Waals surface area (Å²) in [5.41, 5.74) is 0.505. The lowest BCUT2D eigenvalue weighted by Crippen LogP contribution is -2.39. The van der Waals surface area contributed by atoms with Gasteiger partial charge in [0.15, 0.2) is 0 Å². The van der Waals surface area contributed by atoms with Crippen molar-refractivity contribution in [2.24, 2.45) is 0 Å². The molecule has 0 amide bonds. The van der Waals surface area contributed by atoms with E-state index in [1.165, 1.54) is 5.56 Å². The predicted molar refractivity (Wildman–Crippen MR) is 64.5 cm³/mol. The van der Waals surface area contributed by atoms with E-state index >= 15 is 0 Å². The number of benzene rings is 1. The smallest absolute Gasteiger partial charge is 0.306 e. The molecular weight excluding hydrogens is 216 g/mol. The number of aryl methyl sites for hydroxylation is 1. The monoisotopic (exact) mass is 234 g/mol. The van der Waals surface area contributed by atoms with Gasteiger partial charge in [-0.05, 0) is 31.7 Å². The van der Waals surface area contributed by atoms with Gasteiger partial charge in [-0.1, -0.05) is 30.3 Å². The number of hydrogen-bond donors (Lipinski definition) is 1. The summed E-state index contributed by atoms with van der Waals surface area (Å²) >= 11 is 0. The quantitative estimate of drug-likeness (QED) is 0.811. The van der Waals surface area contributed by atoms with Crippen molar-refractivity contribution in [2.75, 3.05) is 0 Å². The minimum atomic E-state index is -0.689. The second-order valence-electron chi connectivity index (χ2n) is 4.83. The van der Waals surface area contributed by atoms with Gasteiger partial charge in [-0.15, -0.1) is 0 Å². The molecule has 1 saturated heterocycles. The number of esters is 1. The second-order valence-corrected chi connectivity index (χ2v) is 4.83. The number of aliphatic hydroxyl groups excluding tert-OH is 1. The maximum Gasteiger partial charge on any atom is 0.306 e. The van der Waals surface area contributed by atoms with Crippen LogP contribution in [0.2, 0.25) is 0 Å². The Bertz CT molecular complexity index is 388. The fourth-order valence-electron chi connectivity index (χ4n) is 2.20. The molecule has 0 radical (unpaired) electrons. The highest BCUT2D eigenvalue weighted by Crippen LogP contribution is 2.31. The van der Waals surface area contributed by atoms with Gasteiger partial charge in [0.25, 0.3) is 0 Å². The van der Waals surface area contributed by atoms with Crippen LogP contribution in [0.4, 0.5) is 0 Å². The first kappa shape index (κ1) is 12.1. The molecule has 3 heteroatoms. The lowest BCUT2D eigenvalue weighted by Gasteiger charge is -2.28. The van der Waals surface area contributed by atoms with Crippen LogP contribution in [0.1, 0.15) is 31.7 Å². The van der Waals surface area contributed by atoms with Gasteiger partial charge in [-0.25, -0.2) is 0 Å². The van der Waals surface area contributed by atoms with Crippen LogP contribution in [-0.2, 0) is 16.0 Å². The molecule has 1 N–H and O–H groups in total.